The molecule has 2 aliphatic rings. The Morgan fingerprint density at radius 3 is 2.33 bits per heavy atom. The summed E-state index contributed by atoms with van der Waals surface area (Å²) in [6, 6.07) is 8.18. The van der Waals surface area contributed by atoms with Crippen molar-refractivity contribution >= 4 is 27.9 Å². The molecular weight excluding hydrogens is 450 g/mol. The average Bonchev–Trinajstić information content (AvgIpc) is 3.25. The van der Waals surface area contributed by atoms with Gasteiger partial charge in [0, 0.05) is 26.2 Å². The third-order valence-electron chi connectivity index (χ3n) is 6.08. The summed E-state index contributed by atoms with van der Waals surface area (Å²) >= 11 is 0. The normalized spacial score (nSPS) is 22.0. The second kappa shape index (κ2) is 8.27. The lowest BCUT2D eigenvalue weighted by atomic mass is 9.92. The van der Waals surface area contributed by atoms with Crippen LogP contribution in [0.5, 0.6) is 0 Å². The number of carbonyl (C=O) groups excluding carboxylic acids is 3. The summed E-state index contributed by atoms with van der Waals surface area (Å²) in [6.45, 7) is 4.73. The summed E-state index contributed by atoms with van der Waals surface area (Å²) in [5, 5.41) is 6.38. The van der Waals surface area contributed by atoms with Gasteiger partial charge in [0.2, 0.25) is 15.9 Å². The van der Waals surface area contributed by atoms with Gasteiger partial charge in [-0.2, -0.15) is 4.31 Å². The molecule has 3 heterocycles. The number of sulfonamides is 1. The Morgan fingerprint density at radius 1 is 1.12 bits per heavy atom. The molecule has 4 rings (SSSR count). The number of hydrogen-bond acceptors (Lipinski definition) is 7. The SMILES string of the molecule is Cc1noc(C)c1S(=O)(=O)N1CCN(C(=O)CN2C(=O)N[C@@](C)(c3ccccc3)C2=O)CC1. The lowest BCUT2D eigenvalue weighted by Gasteiger charge is -2.34. The number of amides is 4. The van der Waals surface area contributed by atoms with Crippen molar-refractivity contribution < 1.29 is 27.3 Å². The molecule has 1 aromatic heterocycles. The summed E-state index contributed by atoms with van der Waals surface area (Å²) in [5.74, 6) is -0.720. The molecule has 11 nitrogen and oxygen atoms in total. The van der Waals surface area contributed by atoms with Gasteiger partial charge in [-0.1, -0.05) is 35.5 Å². The zero-order chi connectivity index (χ0) is 24.0. The van der Waals surface area contributed by atoms with Crippen LogP contribution in [0.2, 0.25) is 0 Å². The summed E-state index contributed by atoms with van der Waals surface area (Å²) in [7, 11) is -3.80. The predicted molar refractivity (Wildman–Crippen MR) is 115 cm³/mol. The van der Waals surface area contributed by atoms with Crippen molar-refractivity contribution in [2.75, 3.05) is 32.7 Å². The highest BCUT2D eigenvalue weighted by Gasteiger charge is 2.49. The zero-order valence-electron chi connectivity index (χ0n) is 18.6. The standard InChI is InChI=1S/C21H25N5O6S/c1-14-18(15(2)32-23-14)33(30,31)25-11-9-24(10-12-25)17(27)13-26-19(28)21(3,22-20(26)29)16-7-5-4-6-8-16/h4-8H,9-13H2,1-3H3,(H,22,29)/t21-/m0/s1. The van der Waals surface area contributed by atoms with E-state index in [4.69, 9.17) is 4.52 Å². The van der Waals surface area contributed by atoms with Crippen LogP contribution in [-0.4, -0.2) is 78.2 Å². The van der Waals surface area contributed by atoms with Crippen molar-refractivity contribution in [3.63, 3.8) is 0 Å². The molecule has 2 aliphatic heterocycles. The van der Waals surface area contributed by atoms with Gasteiger partial charge >= 0.3 is 6.03 Å². The van der Waals surface area contributed by atoms with Crippen molar-refractivity contribution in [3.05, 3.63) is 47.3 Å². The minimum absolute atomic E-state index is 0.0433. The fourth-order valence-electron chi connectivity index (χ4n) is 4.19. The maximum atomic E-state index is 13.0. The number of imide groups is 1. The van der Waals surface area contributed by atoms with Crippen molar-refractivity contribution in [1.82, 2.24) is 24.6 Å². The number of aromatic nitrogens is 1. The van der Waals surface area contributed by atoms with Crippen LogP contribution in [0.25, 0.3) is 0 Å². The number of aryl methyl sites for hydroxylation is 2. The molecule has 0 bridgehead atoms. The van der Waals surface area contributed by atoms with Gasteiger partial charge in [0.1, 0.15) is 22.7 Å². The van der Waals surface area contributed by atoms with E-state index >= 15 is 0 Å². The van der Waals surface area contributed by atoms with Gasteiger partial charge in [0.05, 0.1) is 0 Å². The first-order chi connectivity index (χ1) is 15.6. The Kier molecular flexibility index (Phi) is 5.74. The highest BCUT2D eigenvalue weighted by molar-refractivity contribution is 7.89. The third kappa shape index (κ3) is 3.89. The largest absolute Gasteiger partial charge is 0.360 e. The third-order valence-corrected chi connectivity index (χ3v) is 8.22. The van der Waals surface area contributed by atoms with E-state index in [1.54, 1.807) is 44.2 Å². The van der Waals surface area contributed by atoms with E-state index in [2.05, 4.69) is 10.5 Å². The summed E-state index contributed by atoms with van der Waals surface area (Å²) < 4.78 is 32.2. The van der Waals surface area contributed by atoms with Crippen LogP contribution in [0.1, 0.15) is 23.9 Å². The smallest absolute Gasteiger partial charge is 0.325 e. The van der Waals surface area contributed by atoms with Crippen molar-refractivity contribution in [2.45, 2.75) is 31.2 Å². The molecule has 1 aromatic carbocycles. The Balaban J connectivity index is 1.41. The van der Waals surface area contributed by atoms with Gasteiger partial charge in [-0.3, -0.25) is 14.5 Å². The molecule has 2 saturated heterocycles. The highest BCUT2D eigenvalue weighted by Crippen LogP contribution is 2.29. The van der Waals surface area contributed by atoms with Crippen LogP contribution < -0.4 is 5.32 Å². The first kappa shape index (κ1) is 22.9. The molecule has 33 heavy (non-hydrogen) atoms. The number of urea groups is 1. The van der Waals surface area contributed by atoms with E-state index in [1.165, 1.54) is 16.1 Å². The van der Waals surface area contributed by atoms with Crippen LogP contribution >= 0.6 is 0 Å². The molecule has 2 aromatic rings. The van der Waals surface area contributed by atoms with Gasteiger partial charge in [0.15, 0.2) is 5.76 Å². The fraction of sp³-hybridized carbons (Fsp3) is 0.429. The van der Waals surface area contributed by atoms with E-state index in [9.17, 15) is 22.8 Å². The highest BCUT2D eigenvalue weighted by atomic mass is 32.2. The summed E-state index contributed by atoms with van der Waals surface area (Å²) in [4.78, 5) is 40.7. The fourth-order valence-corrected chi connectivity index (χ4v) is 5.91. The minimum atomic E-state index is -3.80. The van der Waals surface area contributed by atoms with Crippen molar-refractivity contribution in [2.24, 2.45) is 0 Å². The summed E-state index contributed by atoms with van der Waals surface area (Å²) in [5.41, 5.74) is -0.345. The van der Waals surface area contributed by atoms with E-state index < -0.39 is 40.0 Å². The molecular formula is C21H25N5O6S. The first-order valence-electron chi connectivity index (χ1n) is 10.5. The monoisotopic (exact) mass is 475 g/mol. The molecule has 2 fully saturated rings. The molecule has 0 spiro atoms. The van der Waals surface area contributed by atoms with Crippen LogP contribution in [0.4, 0.5) is 4.79 Å². The number of carbonyl (C=O) groups is 3. The van der Waals surface area contributed by atoms with Gasteiger partial charge in [0.25, 0.3) is 5.91 Å². The Hall–Kier alpha value is -3.25. The summed E-state index contributed by atoms with van der Waals surface area (Å²) in [6.07, 6.45) is 0. The number of benzene rings is 1. The molecule has 0 unspecified atom stereocenters. The van der Waals surface area contributed by atoms with Gasteiger partial charge < -0.3 is 14.7 Å². The van der Waals surface area contributed by atoms with E-state index in [0.717, 1.165) is 4.90 Å². The van der Waals surface area contributed by atoms with Crippen LogP contribution in [-0.2, 0) is 25.2 Å². The molecule has 0 radical (unpaired) electrons. The zero-order valence-corrected chi connectivity index (χ0v) is 19.4. The average molecular weight is 476 g/mol. The molecule has 4 amide bonds. The van der Waals surface area contributed by atoms with Crippen LogP contribution in [0, 0.1) is 13.8 Å². The molecule has 0 saturated carbocycles. The lowest BCUT2D eigenvalue weighted by Crippen LogP contribution is -2.53. The van der Waals surface area contributed by atoms with E-state index in [-0.39, 0.29) is 42.5 Å². The Morgan fingerprint density at radius 2 is 1.76 bits per heavy atom. The Labute approximate surface area is 191 Å². The maximum absolute atomic E-state index is 13.0. The quantitative estimate of drug-likeness (QED) is 0.626. The van der Waals surface area contributed by atoms with E-state index in [0.29, 0.717) is 5.56 Å². The topological polar surface area (TPSA) is 133 Å². The maximum Gasteiger partial charge on any atom is 0.325 e. The molecule has 0 aliphatic carbocycles. The van der Waals surface area contributed by atoms with Crippen molar-refractivity contribution in [3.8, 4) is 0 Å². The molecule has 12 heteroatoms. The second-order valence-electron chi connectivity index (χ2n) is 8.25. The van der Waals surface area contributed by atoms with Gasteiger partial charge in [-0.15, -0.1) is 0 Å². The molecule has 1 N–H and O–H groups in total. The predicted octanol–water partition coefficient (Wildman–Crippen LogP) is 0.592. The number of nitrogens with one attached hydrogen (secondary N) is 1. The number of rotatable bonds is 5. The lowest BCUT2D eigenvalue weighted by molar-refractivity contribution is -0.139. The molecule has 1 atom stereocenters. The minimum Gasteiger partial charge on any atom is -0.360 e. The first-order valence-corrected chi connectivity index (χ1v) is 11.9. The number of nitrogens with zero attached hydrogens (tertiary/aromatic N) is 4. The van der Waals surface area contributed by atoms with Crippen LogP contribution in [0.3, 0.4) is 0 Å². The van der Waals surface area contributed by atoms with Crippen LogP contribution in [0.15, 0.2) is 39.8 Å². The molecule has 176 valence electrons. The van der Waals surface area contributed by atoms with E-state index in [1.807, 2.05) is 0 Å². The Bertz CT molecular complexity index is 1180. The van der Waals surface area contributed by atoms with Gasteiger partial charge in [-0.25, -0.2) is 13.2 Å². The van der Waals surface area contributed by atoms with Gasteiger partial charge in [-0.05, 0) is 26.3 Å². The second-order valence-corrected chi connectivity index (χ2v) is 10.1. The number of hydrogen-bond donors (Lipinski definition) is 1. The number of piperazine rings is 1. The van der Waals surface area contributed by atoms with Crippen molar-refractivity contribution in [1.29, 1.82) is 0 Å².